The molecule has 1 aliphatic rings. The molecule has 0 bridgehead atoms. The van der Waals surface area contributed by atoms with Crippen LogP contribution in [0.25, 0.3) is 52.8 Å². The zero-order chi connectivity index (χ0) is 31.2. The largest absolute Gasteiger partial charge is 0.310 e. The lowest BCUT2D eigenvalue weighted by atomic mass is 9.55. The number of para-hydroxylation sites is 1. The second-order valence-electron chi connectivity index (χ2n) is 13.8. The van der Waals surface area contributed by atoms with Gasteiger partial charge in [-0.1, -0.05) is 107 Å². The Hall–Kier alpha value is -4.92. The molecule has 2 heteroatoms. The van der Waals surface area contributed by atoms with Crippen LogP contribution in [-0.4, -0.2) is 0 Å². The number of nitrogens with zero attached hydrogens (tertiary/aromatic N) is 1. The van der Waals surface area contributed by atoms with Crippen LogP contribution < -0.4 is 4.90 Å². The molecule has 0 spiro atoms. The van der Waals surface area contributed by atoms with Gasteiger partial charge in [0.25, 0.3) is 0 Å². The molecule has 0 amide bonds. The molecule has 1 nitrogen and oxygen atoms in total. The fourth-order valence-corrected chi connectivity index (χ4v) is 8.86. The van der Waals surface area contributed by atoms with Gasteiger partial charge in [0.15, 0.2) is 0 Å². The van der Waals surface area contributed by atoms with Gasteiger partial charge in [0.05, 0.1) is 0 Å². The summed E-state index contributed by atoms with van der Waals surface area (Å²) in [6.07, 6.45) is 0. The highest BCUT2D eigenvalue weighted by molar-refractivity contribution is 7.25. The van der Waals surface area contributed by atoms with Crippen LogP contribution >= 0.6 is 11.3 Å². The third-order valence-electron chi connectivity index (χ3n) is 11.0. The molecule has 46 heavy (non-hydrogen) atoms. The van der Waals surface area contributed by atoms with E-state index >= 15 is 0 Å². The van der Waals surface area contributed by atoms with E-state index in [1.807, 2.05) is 11.3 Å². The Labute approximate surface area is 274 Å². The van der Waals surface area contributed by atoms with E-state index in [2.05, 4.69) is 172 Å². The molecule has 0 fully saturated rings. The number of anilines is 3. The van der Waals surface area contributed by atoms with Crippen molar-refractivity contribution in [2.24, 2.45) is 0 Å². The number of rotatable bonds is 3. The number of hydrogen-bond donors (Lipinski definition) is 0. The zero-order valence-electron chi connectivity index (χ0n) is 26.6. The van der Waals surface area contributed by atoms with E-state index in [0.29, 0.717) is 0 Å². The van der Waals surface area contributed by atoms with E-state index in [4.69, 9.17) is 0 Å². The minimum Gasteiger partial charge on any atom is -0.310 e. The standard InChI is InChI=1S/C44H35NS/c1-43(2)39-24-29-19-18-28-12-8-9-15-33(28)36(29)27-37(39)34-22-20-32(26-40(34)44(43,3)4)45(30-13-6-5-7-14-30)31-21-23-42-38(25-31)35-16-10-11-17-41(35)46-42/h5-27H,1-4H3. The average Bonchev–Trinajstić information content (AvgIpc) is 3.46. The summed E-state index contributed by atoms with van der Waals surface area (Å²) in [7, 11) is 0. The molecule has 1 heterocycles. The monoisotopic (exact) mass is 609 g/mol. The van der Waals surface area contributed by atoms with Crippen LogP contribution in [0.4, 0.5) is 17.1 Å². The maximum atomic E-state index is 2.47. The van der Waals surface area contributed by atoms with Crippen molar-refractivity contribution in [1.29, 1.82) is 0 Å². The first kappa shape index (κ1) is 27.4. The summed E-state index contributed by atoms with van der Waals surface area (Å²) >= 11 is 1.87. The first-order valence-electron chi connectivity index (χ1n) is 16.2. The number of thiophene rings is 1. The second kappa shape index (κ2) is 9.79. The summed E-state index contributed by atoms with van der Waals surface area (Å²) in [4.78, 5) is 2.43. The Morgan fingerprint density at radius 1 is 0.413 bits per heavy atom. The van der Waals surface area contributed by atoms with Crippen molar-refractivity contribution in [3.63, 3.8) is 0 Å². The molecule has 0 saturated heterocycles. The number of fused-ring (bicyclic) bond motifs is 9. The normalized spacial score (nSPS) is 14.9. The molecule has 1 aliphatic carbocycles. The quantitative estimate of drug-likeness (QED) is 0.180. The van der Waals surface area contributed by atoms with Crippen molar-refractivity contribution < 1.29 is 0 Å². The fraction of sp³-hybridized carbons (Fsp3) is 0.136. The Morgan fingerprint density at radius 2 is 1.04 bits per heavy atom. The summed E-state index contributed by atoms with van der Waals surface area (Å²) in [5, 5.41) is 7.87. The van der Waals surface area contributed by atoms with Crippen molar-refractivity contribution >= 4 is 70.1 Å². The Morgan fingerprint density at radius 3 is 1.87 bits per heavy atom. The van der Waals surface area contributed by atoms with Crippen LogP contribution in [0.3, 0.4) is 0 Å². The van der Waals surface area contributed by atoms with E-state index in [0.717, 1.165) is 5.69 Å². The lowest BCUT2D eigenvalue weighted by Crippen LogP contribution is -2.43. The molecule has 222 valence electrons. The summed E-state index contributed by atoms with van der Waals surface area (Å²) in [6.45, 7) is 9.72. The van der Waals surface area contributed by atoms with Crippen LogP contribution in [-0.2, 0) is 10.8 Å². The van der Waals surface area contributed by atoms with Gasteiger partial charge in [-0.25, -0.2) is 0 Å². The highest BCUT2D eigenvalue weighted by Crippen LogP contribution is 2.56. The van der Waals surface area contributed by atoms with Gasteiger partial charge in [-0.15, -0.1) is 11.3 Å². The minimum atomic E-state index is -0.105. The Kier molecular flexibility index (Phi) is 5.83. The van der Waals surface area contributed by atoms with Gasteiger partial charge in [0.1, 0.15) is 0 Å². The van der Waals surface area contributed by atoms with E-state index in [1.54, 1.807) is 0 Å². The van der Waals surface area contributed by atoms with Gasteiger partial charge in [0, 0.05) is 37.2 Å². The van der Waals surface area contributed by atoms with Gasteiger partial charge in [0.2, 0.25) is 0 Å². The minimum absolute atomic E-state index is 0.0835. The molecule has 7 aromatic carbocycles. The van der Waals surface area contributed by atoms with Gasteiger partial charge < -0.3 is 4.90 Å². The summed E-state index contributed by atoms with van der Waals surface area (Å²) < 4.78 is 2.65. The first-order chi connectivity index (χ1) is 22.3. The molecule has 0 saturated carbocycles. The fourth-order valence-electron chi connectivity index (χ4n) is 7.77. The number of benzene rings is 7. The van der Waals surface area contributed by atoms with E-state index in [1.165, 1.54) is 75.3 Å². The van der Waals surface area contributed by atoms with E-state index in [-0.39, 0.29) is 10.8 Å². The van der Waals surface area contributed by atoms with Crippen LogP contribution in [0.5, 0.6) is 0 Å². The van der Waals surface area contributed by atoms with Gasteiger partial charge in [-0.3, -0.25) is 0 Å². The van der Waals surface area contributed by atoms with Crippen molar-refractivity contribution in [2.75, 3.05) is 4.90 Å². The van der Waals surface area contributed by atoms with Crippen molar-refractivity contribution in [2.45, 2.75) is 38.5 Å². The molecular formula is C44H35NS. The van der Waals surface area contributed by atoms with Crippen LogP contribution in [0.2, 0.25) is 0 Å². The third kappa shape index (κ3) is 3.87. The molecule has 0 radical (unpaired) electrons. The summed E-state index contributed by atoms with van der Waals surface area (Å²) in [5.74, 6) is 0. The van der Waals surface area contributed by atoms with Crippen LogP contribution in [0.15, 0.2) is 140 Å². The Balaban J connectivity index is 1.28. The average molecular weight is 610 g/mol. The molecule has 0 N–H and O–H groups in total. The molecular weight excluding hydrogens is 575 g/mol. The molecule has 0 aliphatic heterocycles. The van der Waals surface area contributed by atoms with Gasteiger partial charge in [-0.05, 0) is 115 Å². The first-order valence-corrected chi connectivity index (χ1v) is 17.0. The van der Waals surface area contributed by atoms with Gasteiger partial charge in [-0.2, -0.15) is 0 Å². The highest BCUT2D eigenvalue weighted by atomic mass is 32.1. The van der Waals surface area contributed by atoms with E-state index in [9.17, 15) is 0 Å². The smallest absolute Gasteiger partial charge is 0.0468 e. The maximum Gasteiger partial charge on any atom is 0.0468 e. The Bertz CT molecular complexity index is 2480. The maximum absolute atomic E-state index is 2.47. The lowest BCUT2D eigenvalue weighted by molar-refractivity contribution is 0.299. The zero-order valence-corrected chi connectivity index (χ0v) is 27.5. The van der Waals surface area contributed by atoms with Gasteiger partial charge >= 0.3 is 0 Å². The van der Waals surface area contributed by atoms with Crippen LogP contribution in [0.1, 0.15) is 38.8 Å². The molecule has 8 aromatic rings. The second-order valence-corrected chi connectivity index (χ2v) is 14.9. The van der Waals surface area contributed by atoms with Crippen molar-refractivity contribution in [3.8, 4) is 11.1 Å². The van der Waals surface area contributed by atoms with E-state index < -0.39 is 0 Å². The molecule has 0 atom stereocenters. The van der Waals surface area contributed by atoms with Crippen LogP contribution in [0, 0.1) is 0 Å². The van der Waals surface area contributed by atoms with Crippen molar-refractivity contribution in [3.05, 3.63) is 151 Å². The highest BCUT2D eigenvalue weighted by Gasteiger charge is 2.46. The third-order valence-corrected chi connectivity index (χ3v) is 12.1. The SMILES string of the molecule is CC1(C)c2cc(N(c3ccccc3)c3ccc4sc5ccccc5c4c3)ccc2-c2cc3c(ccc4ccccc43)cc2C1(C)C. The summed E-state index contributed by atoms with van der Waals surface area (Å²) in [6, 6.07) is 52.0. The predicted octanol–water partition coefficient (Wildman–Crippen LogP) is 13.1. The topological polar surface area (TPSA) is 3.24 Å². The molecule has 9 rings (SSSR count). The molecule has 1 aromatic heterocycles. The van der Waals surface area contributed by atoms with Crippen molar-refractivity contribution in [1.82, 2.24) is 0 Å². The predicted molar refractivity (Wildman–Crippen MR) is 201 cm³/mol. The lowest BCUT2D eigenvalue weighted by Gasteiger charge is -2.48. The molecule has 0 unspecified atom stereocenters. The number of hydrogen-bond acceptors (Lipinski definition) is 2. The summed E-state index contributed by atoms with van der Waals surface area (Å²) in [5.41, 5.74) is 8.84.